The maximum Gasteiger partial charge on any atom is 0.322 e. The normalized spacial score (nSPS) is 10.4. The fourth-order valence-corrected chi connectivity index (χ4v) is 2.64. The van der Waals surface area contributed by atoms with E-state index in [4.69, 9.17) is 0 Å². The molecule has 2 aromatic heterocycles. The number of carbonyl (C=O) groups excluding carboxylic acids is 1. The predicted molar refractivity (Wildman–Crippen MR) is 103 cm³/mol. The lowest BCUT2D eigenvalue weighted by molar-refractivity contribution is 0.205. The lowest BCUT2D eigenvalue weighted by Gasteiger charge is -2.23. The molecular weight excluding hydrogens is 324 g/mol. The van der Waals surface area contributed by atoms with Crippen molar-refractivity contribution in [1.82, 2.24) is 14.9 Å². The van der Waals surface area contributed by atoms with Crippen LogP contribution in [0, 0.1) is 13.8 Å². The Morgan fingerprint density at radius 3 is 2.08 bits per heavy atom. The number of anilines is 1. The van der Waals surface area contributed by atoms with Crippen LogP contribution in [-0.2, 0) is 13.1 Å². The summed E-state index contributed by atoms with van der Waals surface area (Å²) in [6, 6.07) is 17.2. The molecule has 0 unspecified atom stereocenters. The molecule has 2 amide bonds. The molecule has 0 radical (unpaired) electrons. The van der Waals surface area contributed by atoms with Crippen LogP contribution >= 0.6 is 0 Å². The van der Waals surface area contributed by atoms with Crippen molar-refractivity contribution < 1.29 is 4.79 Å². The molecular formula is C21H22N4O. The molecule has 0 aliphatic carbocycles. The van der Waals surface area contributed by atoms with Crippen molar-refractivity contribution in [2.75, 3.05) is 5.32 Å². The van der Waals surface area contributed by atoms with E-state index in [2.05, 4.69) is 15.3 Å². The number of nitrogens with zero attached hydrogens (tertiary/aromatic N) is 3. The number of hydrogen-bond acceptors (Lipinski definition) is 3. The highest BCUT2D eigenvalue weighted by atomic mass is 16.2. The van der Waals surface area contributed by atoms with E-state index < -0.39 is 0 Å². The third-order valence-electron chi connectivity index (χ3n) is 4.08. The summed E-state index contributed by atoms with van der Waals surface area (Å²) in [4.78, 5) is 23.3. The standard InChI is InChI=1S/C21H22N4O/c1-16-9-10-17(2)20(13-16)24-21(26)25(14-18-7-3-5-11-22-18)15-19-8-4-6-12-23-19/h3-13H,14-15H2,1-2H3,(H,24,26). The summed E-state index contributed by atoms with van der Waals surface area (Å²) in [5.41, 5.74) is 4.62. The second-order valence-electron chi connectivity index (χ2n) is 6.25. The van der Waals surface area contributed by atoms with Gasteiger partial charge in [0.2, 0.25) is 0 Å². The monoisotopic (exact) mass is 346 g/mol. The van der Waals surface area contributed by atoms with Gasteiger partial charge in [-0.25, -0.2) is 4.79 Å². The van der Waals surface area contributed by atoms with E-state index in [0.29, 0.717) is 13.1 Å². The molecule has 0 saturated carbocycles. The maximum absolute atomic E-state index is 12.9. The number of aryl methyl sites for hydroxylation is 2. The highest BCUT2D eigenvalue weighted by Gasteiger charge is 2.17. The van der Waals surface area contributed by atoms with Crippen LogP contribution in [0.2, 0.25) is 0 Å². The third-order valence-corrected chi connectivity index (χ3v) is 4.08. The van der Waals surface area contributed by atoms with Gasteiger partial charge in [0.25, 0.3) is 0 Å². The zero-order chi connectivity index (χ0) is 18.4. The van der Waals surface area contributed by atoms with Gasteiger partial charge in [-0.1, -0.05) is 24.3 Å². The molecule has 0 fully saturated rings. The Labute approximate surface area is 153 Å². The molecule has 5 heteroatoms. The number of hydrogen-bond donors (Lipinski definition) is 1. The molecule has 0 spiro atoms. The molecule has 3 rings (SSSR count). The molecule has 0 aliphatic rings. The van der Waals surface area contributed by atoms with Crippen molar-refractivity contribution in [3.05, 3.63) is 89.5 Å². The minimum absolute atomic E-state index is 0.171. The van der Waals surface area contributed by atoms with Crippen molar-refractivity contribution in [2.24, 2.45) is 0 Å². The van der Waals surface area contributed by atoms with E-state index in [0.717, 1.165) is 28.2 Å². The van der Waals surface area contributed by atoms with Crippen LogP contribution in [0.15, 0.2) is 67.0 Å². The number of carbonyl (C=O) groups is 1. The number of nitrogens with one attached hydrogen (secondary N) is 1. The van der Waals surface area contributed by atoms with E-state index in [1.807, 2.05) is 68.4 Å². The third kappa shape index (κ3) is 4.66. The summed E-state index contributed by atoms with van der Waals surface area (Å²) in [6.07, 6.45) is 3.47. The molecule has 0 aliphatic heterocycles. The first-order chi connectivity index (χ1) is 12.6. The van der Waals surface area contributed by atoms with E-state index in [1.165, 1.54) is 0 Å². The number of aromatic nitrogens is 2. The molecule has 26 heavy (non-hydrogen) atoms. The van der Waals surface area contributed by atoms with Gasteiger partial charge in [0.05, 0.1) is 24.5 Å². The van der Waals surface area contributed by atoms with Gasteiger partial charge in [-0.2, -0.15) is 0 Å². The Hall–Kier alpha value is -3.21. The molecule has 1 N–H and O–H groups in total. The van der Waals surface area contributed by atoms with Gasteiger partial charge in [0, 0.05) is 18.1 Å². The zero-order valence-electron chi connectivity index (χ0n) is 15.0. The SMILES string of the molecule is Cc1ccc(C)c(NC(=O)N(Cc2ccccn2)Cc2ccccn2)c1. The summed E-state index contributed by atoms with van der Waals surface area (Å²) in [7, 11) is 0. The highest BCUT2D eigenvalue weighted by Crippen LogP contribution is 2.18. The minimum atomic E-state index is -0.171. The fraction of sp³-hybridized carbons (Fsp3) is 0.190. The molecule has 5 nitrogen and oxygen atoms in total. The summed E-state index contributed by atoms with van der Waals surface area (Å²) in [6.45, 7) is 4.81. The van der Waals surface area contributed by atoms with Crippen molar-refractivity contribution in [3.63, 3.8) is 0 Å². The van der Waals surface area contributed by atoms with Crippen LogP contribution in [0.25, 0.3) is 0 Å². The van der Waals surface area contributed by atoms with E-state index in [9.17, 15) is 4.79 Å². The van der Waals surface area contributed by atoms with Gasteiger partial charge in [-0.3, -0.25) is 9.97 Å². The van der Waals surface area contributed by atoms with Gasteiger partial charge in [0.1, 0.15) is 0 Å². The lowest BCUT2D eigenvalue weighted by Crippen LogP contribution is -2.34. The number of amides is 2. The second-order valence-corrected chi connectivity index (χ2v) is 6.25. The average Bonchev–Trinajstić information content (AvgIpc) is 2.66. The molecule has 3 aromatic rings. The van der Waals surface area contributed by atoms with Crippen LogP contribution in [0.4, 0.5) is 10.5 Å². The minimum Gasteiger partial charge on any atom is -0.313 e. The molecule has 2 heterocycles. The van der Waals surface area contributed by atoms with Gasteiger partial charge < -0.3 is 10.2 Å². The van der Waals surface area contributed by atoms with E-state index in [-0.39, 0.29) is 6.03 Å². The quantitative estimate of drug-likeness (QED) is 0.748. The number of urea groups is 1. The Morgan fingerprint density at radius 2 is 1.54 bits per heavy atom. The first-order valence-electron chi connectivity index (χ1n) is 8.55. The van der Waals surface area contributed by atoms with Crippen LogP contribution < -0.4 is 5.32 Å². The number of benzene rings is 1. The Bertz CT molecular complexity index is 824. The summed E-state index contributed by atoms with van der Waals surface area (Å²) >= 11 is 0. The first kappa shape index (κ1) is 17.6. The van der Waals surface area contributed by atoms with Gasteiger partial charge in [-0.05, 0) is 55.3 Å². The lowest BCUT2D eigenvalue weighted by atomic mass is 10.1. The molecule has 1 aromatic carbocycles. The first-order valence-corrected chi connectivity index (χ1v) is 8.55. The van der Waals surface area contributed by atoms with Crippen molar-refractivity contribution in [1.29, 1.82) is 0 Å². The summed E-state index contributed by atoms with van der Waals surface area (Å²) in [5.74, 6) is 0. The number of pyridine rings is 2. The second kappa shape index (κ2) is 8.25. The predicted octanol–water partition coefficient (Wildman–Crippen LogP) is 4.33. The molecule has 132 valence electrons. The average molecular weight is 346 g/mol. The van der Waals surface area contributed by atoms with Gasteiger partial charge in [-0.15, -0.1) is 0 Å². The molecule has 0 atom stereocenters. The van der Waals surface area contributed by atoms with Crippen LogP contribution in [0.3, 0.4) is 0 Å². The number of rotatable bonds is 5. The largest absolute Gasteiger partial charge is 0.322 e. The van der Waals surface area contributed by atoms with Crippen LogP contribution in [-0.4, -0.2) is 20.9 Å². The van der Waals surface area contributed by atoms with E-state index >= 15 is 0 Å². The maximum atomic E-state index is 12.9. The topological polar surface area (TPSA) is 58.1 Å². The summed E-state index contributed by atoms with van der Waals surface area (Å²) < 4.78 is 0. The van der Waals surface area contributed by atoms with Crippen LogP contribution in [0.1, 0.15) is 22.5 Å². The summed E-state index contributed by atoms with van der Waals surface area (Å²) in [5, 5.41) is 3.02. The Balaban J connectivity index is 1.81. The molecule has 0 saturated heterocycles. The molecule has 0 bridgehead atoms. The van der Waals surface area contributed by atoms with E-state index in [1.54, 1.807) is 17.3 Å². The van der Waals surface area contributed by atoms with Crippen molar-refractivity contribution >= 4 is 11.7 Å². The Morgan fingerprint density at radius 1 is 0.923 bits per heavy atom. The van der Waals surface area contributed by atoms with Gasteiger partial charge in [0.15, 0.2) is 0 Å². The smallest absolute Gasteiger partial charge is 0.313 e. The van der Waals surface area contributed by atoms with Crippen LogP contribution in [0.5, 0.6) is 0 Å². The fourth-order valence-electron chi connectivity index (χ4n) is 2.64. The Kier molecular flexibility index (Phi) is 5.59. The highest BCUT2D eigenvalue weighted by molar-refractivity contribution is 5.90. The van der Waals surface area contributed by atoms with Gasteiger partial charge >= 0.3 is 6.03 Å². The van der Waals surface area contributed by atoms with Crippen molar-refractivity contribution in [3.8, 4) is 0 Å². The van der Waals surface area contributed by atoms with Crippen molar-refractivity contribution in [2.45, 2.75) is 26.9 Å². The zero-order valence-corrected chi connectivity index (χ0v) is 15.0.